The molecule has 9 heteroatoms. The molecular weight excluding hydrogens is 596 g/mol. The van der Waals surface area contributed by atoms with Crippen molar-refractivity contribution in [2.45, 2.75) is 115 Å². The van der Waals surface area contributed by atoms with Crippen LogP contribution in [0.1, 0.15) is 89.7 Å². The molecule has 4 bridgehead atoms. The summed E-state index contributed by atoms with van der Waals surface area (Å²) in [5, 5.41) is 21.8. The van der Waals surface area contributed by atoms with E-state index in [9.17, 15) is 5.26 Å². The number of aromatic nitrogens is 2. The van der Waals surface area contributed by atoms with Gasteiger partial charge >= 0.3 is 0 Å². The predicted molar refractivity (Wildman–Crippen MR) is 186 cm³/mol. The lowest BCUT2D eigenvalue weighted by molar-refractivity contribution is -0.0704. The summed E-state index contributed by atoms with van der Waals surface area (Å²) in [5.41, 5.74) is 1.77. The fourth-order valence-corrected chi connectivity index (χ4v) is 10.5. The Kier molecular flexibility index (Phi) is 9.56. The third-order valence-corrected chi connectivity index (χ3v) is 16.9. The summed E-state index contributed by atoms with van der Waals surface area (Å²) in [4.78, 5) is 9.11. The lowest BCUT2D eigenvalue weighted by Gasteiger charge is -2.60. The van der Waals surface area contributed by atoms with E-state index in [4.69, 9.17) is 21.0 Å². The van der Waals surface area contributed by atoms with Crippen molar-refractivity contribution in [3.05, 3.63) is 46.6 Å². The highest BCUT2D eigenvalue weighted by atomic mass is 35.5. The molecule has 5 aliphatic carbocycles. The first kappa shape index (κ1) is 32.7. The van der Waals surface area contributed by atoms with Crippen LogP contribution in [-0.2, 0) is 11.0 Å². The standard InChI is InChI=1S/C36H53ClN6OSi/c1-35(2,3)45(4,5)44-30-12-10-24(11-13-30)20-39-32-27-14-25-15-28(32)18-36(16-25,17-27)23-42-33-29(19-38)22-41-34(43-33)40-21-26-8-6-7-9-31(26)37/h6-9,22,24-25,27-28,30,32,39H,10-18,20-21,23H2,1-5H3,(H2,40,41,42,43)/t24-,25?,27-,28+,30+,32-,36-. The molecule has 7 nitrogen and oxygen atoms in total. The summed E-state index contributed by atoms with van der Waals surface area (Å²) in [6.07, 6.45) is 13.7. The van der Waals surface area contributed by atoms with Gasteiger partial charge < -0.3 is 20.4 Å². The van der Waals surface area contributed by atoms with Gasteiger partial charge in [-0.25, -0.2) is 4.98 Å². The fourth-order valence-electron chi connectivity index (χ4n) is 8.86. The molecule has 45 heavy (non-hydrogen) atoms. The fraction of sp³-hybridized carbons (Fsp3) is 0.694. The van der Waals surface area contributed by atoms with Crippen molar-refractivity contribution >= 4 is 31.7 Å². The molecule has 0 saturated heterocycles. The van der Waals surface area contributed by atoms with Crippen LogP contribution >= 0.6 is 11.6 Å². The van der Waals surface area contributed by atoms with E-state index in [0.717, 1.165) is 42.3 Å². The van der Waals surface area contributed by atoms with Gasteiger partial charge in [0, 0.05) is 30.3 Å². The van der Waals surface area contributed by atoms with Gasteiger partial charge in [0.2, 0.25) is 5.95 Å². The van der Waals surface area contributed by atoms with Gasteiger partial charge in [-0.1, -0.05) is 50.6 Å². The van der Waals surface area contributed by atoms with Gasteiger partial charge in [-0.2, -0.15) is 10.2 Å². The van der Waals surface area contributed by atoms with E-state index >= 15 is 0 Å². The van der Waals surface area contributed by atoms with Crippen LogP contribution in [0.2, 0.25) is 23.2 Å². The number of hydrogen-bond acceptors (Lipinski definition) is 7. The number of hydrogen-bond donors (Lipinski definition) is 3. The maximum Gasteiger partial charge on any atom is 0.224 e. The van der Waals surface area contributed by atoms with Crippen LogP contribution in [0.4, 0.5) is 11.8 Å². The van der Waals surface area contributed by atoms with Gasteiger partial charge in [0.05, 0.1) is 6.20 Å². The van der Waals surface area contributed by atoms with Crippen molar-refractivity contribution in [3.63, 3.8) is 0 Å². The first-order valence-electron chi connectivity index (χ1n) is 17.3. The maximum atomic E-state index is 9.79. The Morgan fingerprint density at radius 2 is 1.76 bits per heavy atom. The summed E-state index contributed by atoms with van der Waals surface area (Å²) in [7, 11) is -1.69. The average molecular weight is 649 g/mol. The zero-order chi connectivity index (χ0) is 31.8. The van der Waals surface area contributed by atoms with Gasteiger partial charge in [-0.05, 0) is 123 Å². The van der Waals surface area contributed by atoms with E-state index < -0.39 is 8.32 Å². The lowest BCUT2D eigenvalue weighted by atomic mass is 9.48. The van der Waals surface area contributed by atoms with Crippen molar-refractivity contribution in [1.82, 2.24) is 15.3 Å². The number of anilines is 2. The van der Waals surface area contributed by atoms with Crippen molar-refractivity contribution in [2.75, 3.05) is 23.7 Å². The van der Waals surface area contributed by atoms with E-state index in [-0.39, 0.29) is 10.5 Å². The van der Waals surface area contributed by atoms with Gasteiger partial charge in [0.15, 0.2) is 8.32 Å². The smallest absolute Gasteiger partial charge is 0.224 e. The molecule has 5 atom stereocenters. The molecule has 3 N–H and O–H groups in total. The highest BCUT2D eigenvalue weighted by Crippen LogP contribution is 2.60. The molecule has 7 rings (SSSR count). The minimum atomic E-state index is -1.69. The first-order chi connectivity index (χ1) is 21.4. The molecule has 0 aliphatic heterocycles. The second-order valence-corrected chi connectivity index (χ2v) is 21.5. The number of rotatable bonds is 11. The zero-order valence-corrected chi connectivity index (χ0v) is 29.7. The van der Waals surface area contributed by atoms with E-state index in [0.29, 0.717) is 41.0 Å². The van der Waals surface area contributed by atoms with E-state index in [1.165, 1.54) is 57.8 Å². The molecule has 1 unspecified atom stereocenters. The quantitative estimate of drug-likeness (QED) is 0.211. The van der Waals surface area contributed by atoms with Crippen molar-refractivity contribution in [1.29, 1.82) is 5.26 Å². The molecule has 5 saturated carbocycles. The van der Waals surface area contributed by atoms with Crippen molar-refractivity contribution in [3.8, 4) is 6.07 Å². The molecular formula is C36H53ClN6OSi. The first-order valence-corrected chi connectivity index (χ1v) is 20.6. The van der Waals surface area contributed by atoms with Crippen LogP contribution in [0.15, 0.2) is 30.5 Å². The Morgan fingerprint density at radius 3 is 2.42 bits per heavy atom. The van der Waals surface area contributed by atoms with Crippen molar-refractivity contribution in [2.24, 2.45) is 29.1 Å². The third-order valence-electron chi connectivity index (χ3n) is 12.0. The number of halogens is 1. The van der Waals surface area contributed by atoms with E-state index in [1.54, 1.807) is 6.20 Å². The Bertz CT molecular complexity index is 1360. The second kappa shape index (κ2) is 13.1. The summed E-state index contributed by atoms with van der Waals surface area (Å²) in [6.45, 7) is 14.4. The van der Waals surface area contributed by atoms with Gasteiger partial charge in [-0.3, -0.25) is 0 Å². The molecule has 1 heterocycles. The van der Waals surface area contributed by atoms with E-state index in [2.05, 4.69) is 60.9 Å². The summed E-state index contributed by atoms with van der Waals surface area (Å²) < 4.78 is 6.76. The predicted octanol–water partition coefficient (Wildman–Crippen LogP) is 8.39. The normalized spacial score (nSPS) is 31.0. The topological polar surface area (TPSA) is 94.9 Å². The van der Waals surface area contributed by atoms with Crippen molar-refractivity contribution < 1.29 is 4.43 Å². The molecule has 1 aromatic heterocycles. The molecule has 5 fully saturated rings. The molecule has 0 amide bonds. The molecule has 2 aromatic rings. The molecule has 0 spiro atoms. The largest absolute Gasteiger partial charge is 0.414 e. The highest BCUT2D eigenvalue weighted by Gasteiger charge is 2.55. The van der Waals surface area contributed by atoms with E-state index in [1.807, 2.05) is 24.3 Å². The van der Waals surface area contributed by atoms with Crippen LogP contribution in [0, 0.1) is 40.4 Å². The molecule has 244 valence electrons. The molecule has 0 radical (unpaired) electrons. The molecule has 1 aromatic carbocycles. The monoisotopic (exact) mass is 648 g/mol. The Labute approximate surface area is 276 Å². The number of nitrogens with zero attached hydrogens (tertiary/aromatic N) is 3. The summed E-state index contributed by atoms with van der Waals surface area (Å²) in [5.74, 6) is 4.26. The Morgan fingerprint density at radius 1 is 1.04 bits per heavy atom. The second-order valence-electron chi connectivity index (χ2n) is 16.3. The van der Waals surface area contributed by atoms with Gasteiger partial charge in [0.25, 0.3) is 0 Å². The zero-order valence-electron chi connectivity index (χ0n) is 28.0. The Balaban J connectivity index is 1.01. The van der Waals surface area contributed by atoms with Gasteiger partial charge in [0.1, 0.15) is 17.5 Å². The third kappa shape index (κ3) is 7.37. The van der Waals surface area contributed by atoms with Crippen LogP contribution in [0.3, 0.4) is 0 Å². The van der Waals surface area contributed by atoms with Gasteiger partial charge in [-0.15, -0.1) is 0 Å². The molecule has 5 aliphatic rings. The number of benzene rings is 1. The highest BCUT2D eigenvalue weighted by molar-refractivity contribution is 6.74. The van der Waals surface area contributed by atoms with Crippen LogP contribution in [0.5, 0.6) is 0 Å². The van der Waals surface area contributed by atoms with Crippen LogP contribution in [-0.4, -0.2) is 43.5 Å². The summed E-state index contributed by atoms with van der Waals surface area (Å²) >= 11 is 6.33. The minimum absolute atomic E-state index is 0.280. The lowest BCUT2D eigenvalue weighted by Crippen LogP contribution is -2.60. The number of nitriles is 1. The number of nitrogens with one attached hydrogen (secondary N) is 3. The average Bonchev–Trinajstić information content (AvgIpc) is 2.99. The SMILES string of the molecule is CC(C)(C)[Si](C)(C)O[C@H]1CC[C@@H](CN[C@@H]2[C@@H]3CC4C[C@H]2C[C@@](CNc2nc(NCc5ccccc5Cl)ncc2C#N)(C4)C3)CC1. The summed E-state index contributed by atoms with van der Waals surface area (Å²) in [6, 6.07) is 10.7. The van der Waals surface area contributed by atoms with Crippen LogP contribution in [0.25, 0.3) is 0 Å². The Hall–Kier alpha value is -2.18. The maximum absolute atomic E-state index is 9.79. The van der Waals surface area contributed by atoms with Crippen LogP contribution < -0.4 is 16.0 Å². The minimum Gasteiger partial charge on any atom is -0.414 e.